The summed E-state index contributed by atoms with van der Waals surface area (Å²) in [5.41, 5.74) is 6.38. The van der Waals surface area contributed by atoms with E-state index in [4.69, 9.17) is 5.73 Å². The third-order valence-electron chi connectivity index (χ3n) is 2.40. The first kappa shape index (κ1) is 10.6. The third kappa shape index (κ3) is 2.06. The summed E-state index contributed by atoms with van der Waals surface area (Å²) < 4.78 is 16.1. The molecule has 0 aliphatic heterocycles. The smallest absolute Gasteiger partial charge is 0.125 e. The van der Waals surface area contributed by atoms with E-state index < -0.39 is 0 Å². The number of hydrogen-bond acceptors (Lipinski definition) is 1. The van der Waals surface area contributed by atoms with Crippen molar-refractivity contribution in [2.45, 2.75) is 13.0 Å². The molecular weight excluding hydrogens is 259 g/mol. The van der Waals surface area contributed by atoms with Crippen molar-refractivity contribution in [3.05, 3.63) is 34.7 Å². The second-order valence-corrected chi connectivity index (χ2v) is 4.28. The zero-order valence-corrected chi connectivity index (χ0v) is 9.80. The minimum Gasteiger partial charge on any atom is -0.335 e. The average Bonchev–Trinajstić information content (AvgIpc) is 2.51. The van der Waals surface area contributed by atoms with E-state index in [1.807, 2.05) is 10.6 Å². The number of nitrogens with zero attached hydrogens (tertiary/aromatic N) is 1. The molecule has 0 spiro atoms. The summed E-state index contributed by atoms with van der Waals surface area (Å²) in [4.78, 5) is 0. The SMILES string of the molecule is NCCCn1c(Br)cc2ccc(F)cc21. The first-order chi connectivity index (χ1) is 7.22. The molecule has 0 radical (unpaired) electrons. The van der Waals surface area contributed by atoms with Crippen LogP contribution in [0.3, 0.4) is 0 Å². The van der Waals surface area contributed by atoms with E-state index in [1.54, 1.807) is 12.1 Å². The second-order valence-electron chi connectivity index (χ2n) is 3.46. The summed E-state index contributed by atoms with van der Waals surface area (Å²) in [5.74, 6) is -0.206. The van der Waals surface area contributed by atoms with Crippen LogP contribution in [-0.4, -0.2) is 11.1 Å². The van der Waals surface area contributed by atoms with E-state index in [2.05, 4.69) is 15.9 Å². The van der Waals surface area contributed by atoms with Crippen LogP contribution in [-0.2, 0) is 6.54 Å². The molecule has 1 aromatic carbocycles. The maximum atomic E-state index is 13.1. The van der Waals surface area contributed by atoms with Crippen LogP contribution in [0.25, 0.3) is 10.9 Å². The normalized spacial score (nSPS) is 11.1. The number of aromatic nitrogens is 1. The Labute approximate surface area is 96.0 Å². The Hall–Kier alpha value is -0.870. The number of benzene rings is 1. The number of halogens is 2. The predicted octanol–water partition coefficient (Wildman–Crippen LogP) is 2.89. The van der Waals surface area contributed by atoms with Gasteiger partial charge in [0.1, 0.15) is 5.82 Å². The van der Waals surface area contributed by atoms with Gasteiger partial charge in [0, 0.05) is 11.9 Å². The van der Waals surface area contributed by atoms with E-state index in [0.29, 0.717) is 6.54 Å². The van der Waals surface area contributed by atoms with Crippen molar-refractivity contribution in [2.75, 3.05) is 6.54 Å². The molecule has 2 aromatic rings. The molecular formula is C11H12BrFN2. The van der Waals surface area contributed by atoms with Gasteiger partial charge in [-0.05, 0) is 53.2 Å². The zero-order chi connectivity index (χ0) is 10.8. The molecule has 2 rings (SSSR count). The highest BCUT2D eigenvalue weighted by Gasteiger charge is 2.06. The highest BCUT2D eigenvalue weighted by molar-refractivity contribution is 9.10. The molecule has 0 aliphatic rings. The van der Waals surface area contributed by atoms with Crippen molar-refractivity contribution in [3.8, 4) is 0 Å². The van der Waals surface area contributed by atoms with Crippen LogP contribution in [0, 0.1) is 5.82 Å². The van der Waals surface area contributed by atoms with Crippen molar-refractivity contribution in [1.82, 2.24) is 4.57 Å². The molecule has 2 N–H and O–H groups in total. The highest BCUT2D eigenvalue weighted by atomic mass is 79.9. The number of nitrogens with two attached hydrogens (primary N) is 1. The van der Waals surface area contributed by atoms with Gasteiger partial charge in [-0.3, -0.25) is 0 Å². The van der Waals surface area contributed by atoms with E-state index >= 15 is 0 Å². The van der Waals surface area contributed by atoms with Gasteiger partial charge in [-0.15, -0.1) is 0 Å². The van der Waals surface area contributed by atoms with Crippen molar-refractivity contribution < 1.29 is 4.39 Å². The molecule has 4 heteroatoms. The van der Waals surface area contributed by atoms with Crippen LogP contribution in [0.15, 0.2) is 28.9 Å². The standard InChI is InChI=1S/C11H12BrFN2/c12-11-6-8-2-3-9(13)7-10(8)15(11)5-1-4-14/h2-3,6-7H,1,4-5,14H2. The van der Waals surface area contributed by atoms with Gasteiger partial charge in [0.05, 0.1) is 10.1 Å². The summed E-state index contributed by atoms with van der Waals surface area (Å²) >= 11 is 3.46. The molecule has 0 unspecified atom stereocenters. The van der Waals surface area contributed by atoms with E-state index in [0.717, 1.165) is 28.5 Å². The molecule has 0 amide bonds. The molecule has 1 aromatic heterocycles. The third-order valence-corrected chi connectivity index (χ3v) is 3.06. The Morgan fingerprint density at radius 2 is 2.13 bits per heavy atom. The fraction of sp³-hybridized carbons (Fsp3) is 0.273. The average molecular weight is 271 g/mol. The maximum Gasteiger partial charge on any atom is 0.125 e. The summed E-state index contributed by atoms with van der Waals surface area (Å²) in [6, 6.07) is 6.80. The summed E-state index contributed by atoms with van der Waals surface area (Å²) in [7, 11) is 0. The van der Waals surface area contributed by atoms with Gasteiger partial charge in [-0.1, -0.05) is 0 Å². The van der Waals surface area contributed by atoms with Gasteiger partial charge < -0.3 is 10.3 Å². The van der Waals surface area contributed by atoms with Crippen LogP contribution in [0.2, 0.25) is 0 Å². The van der Waals surface area contributed by atoms with Gasteiger partial charge >= 0.3 is 0 Å². The lowest BCUT2D eigenvalue weighted by molar-refractivity contribution is 0.624. The number of rotatable bonds is 3. The van der Waals surface area contributed by atoms with Crippen molar-refractivity contribution in [3.63, 3.8) is 0 Å². The minimum atomic E-state index is -0.206. The van der Waals surface area contributed by atoms with Gasteiger partial charge in [0.15, 0.2) is 0 Å². The minimum absolute atomic E-state index is 0.206. The Morgan fingerprint density at radius 3 is 2.87 bits per heavy atom. The van der Waals surface area contributed by atoms with Gasteiger partial charge in [-0.25, -0.2) is 4.39 Å². The first-order valence-corrected chi connectivity index (χ1v) is 5.66. The lowest BCUT2D eigenvalue weighted by Gasteiger charge is -2.05. The maximum absolute atomic E-state index is 13.1. The zero-order valence-electron chi connectivity index (χ0n) is 8.21. The van der Waals surface area contributed by atoms with Gasteiger partial charge in [0.2, 0.25) is 0 Å². The number of aryl methyl sites for hydroxylation is 1. The fourth-order valence-electron chi connectivity index (χ4n) is 1.67. The Bertz CT molecular complexity index is 479. The molecule has 0 atom stereocenters. The molecule has 80 valence electrons. The topological polar surface area (TPSA) is 30.9 Å². The monoisotopic (exact) mass is 270 g/mol. The van der Waals surface area contributed by atoms with Gasteiger partial charge in [-0.2, -0.15) is 0 Å². The van der Waals surface area contributed by atoms with E-state index in [9.17, 15) is 4.39 Å². The van der Waals surface area contributed by atoms with E-state index in [-0.39, 0.29) is 5.82 Å². The summed E-state index contributed by atoms with van der Waals surface area (Å²) in [6.45, 7) is 1.45. The second kappa shape index (κ2) is 4.33. The quantitative estimate of drug-likeness (QED) is 0.914. The Balaban J connectivity index is 2.50. The van der Waals surface area contributed by atoms with Crippen molar-refractivity contribution in [2.24, 2.45) is 5.73 Å². The van der Waals surface area contributed by atoms with E-state index in [1.165, 1.54) is 6.07 Å². The van der Waals surface area contributed by atoms with Crippen LogP contribution < -0.4 is 5.73 Å². The molecule has 1 heterocycles. The molecule has 0 aliphatic carbocycles. The molecule has 15 heavy (non-hydrogen) atoms. The number of hydrogen-bond donors (Lipinski definition) is 1. The Morgan fingerprint density at radius 1 is 1.33 bits per heavy atom. The molecule has 0 saturated heterocycles. The first-order valence-electron chi connectivity index (χ1n) is 4.87. The molecule has 2 nitrogen and oxygen atoms in total. The summed E-state index contributed by atoms with van der Waals surface area (Å²) in [5, 5.41) is 1.04. The van der Waals surface area contributed by atoms with Crippen molar-refractivity contribution >= 4 is 26.8 Å². The van der Waals surface area contributed by atoms with Crippen LogP contribution in [0.5, 0.6) is 0 Å². The van der Waals surface area contributed by atoms with Crippen molar-refractivity contribution in [1.29, 1.82) is 0 Å². The lowest BCUT2D eigenvalue weighted by Crippen LogP contribution is -2.05. The lowest BCUT2D eigenvalue weighted by atomic mass is 10.2. The van der Waals surface area contributed by atoms with Crippen LogP contribution >= 0.6 is 15.9 Å². The molecule has 0 saturated carbocycles. The number of fused-ring (bicyclic) bond motifs is 1. The Kier molecular flexibility index (Phi) is 3.07. The molecule has 0 bridgehead atoms. The molecule has 0 fully saturated rings. The highest BCUT2D eigenvalue weighted by Crippen LogP contribution is 2.24. The van der Waals surface area contributed by atoms with Crippen LogP contribution in [0.1, 0.15) is 6.42 Å². The van der Waals surface area contributed by atoms with Crippen LogP contribution in [0.4, 0.5) is 4.39 Å². The summed E-state index contributed by atoms with van der Waals surface area (Å²) in [6.07, 6.45) is 0.888. The largest absolute Gasteiger partial charge is 0.335 e. The predicted molar refractivity (Wildman–Crippen MR) is 63.3 cm³/mol. The fourth-order valence-corrected chi connectivity index (χ4v) is 2.29. The van der Waals surface area contributed by atoms with Gasteiger partial charge in [0.25, 0.3) is 0 Å².